The summed E-state index contributed by atoms with van der Waals surface area (Å²) >= 11 is 0. The summed E-state index contributed by atoms with van der Waals surface area (Å²) in [7, 11) is -1.48. The molecule has 4 aliphatic rings. The Morgan fingerprint density at radius 3 is 2.14 bits per heavy atom. The lowest BCUT2D eigenvalue weighted by Crippen LogP contribution is -2.40. The molecule has 13 heteroatoms. The predicted molar refractivity (Wildman–Crippen MR) is 183 cm³/mol. The fourth-order valence-electron chi connectivity index (χ4n) is 7.84. The van der Waals surface area contributed by atoms with Gasteiger partial charge in [0.25, 0.3) is 21.4 Å². The van der Waals surface area contributed by atoms with Crippen molar-refractivity contribution in [3.05, 3.63) is 109 Å². The number of allylic oxidation sites excluding steroid dienone is 2. The lowest BCUT2D eigenvalue weighted by atomic mass is 9.54. The fourth-order valence-corrected chi connectivity index (χ4v) is 9.17. The molecule has 4 saturated carbocycles. The van der Waals surface area contributed by atoms with Gasteiger partial charge in [0.2, 0.25) is 0 Å². The number of ketones is 1. The zero-order valence-corrected chi connectivity index (χ0v) is 28.2. The van der Waals surface area contributed by atoms with Crippen LogP contribution in [-0.4, -0.2) is 38.2 Å². The van der Waals surface area contributed by atoms with Gasteiger partial charge in [-0.25, -0.2) is 8.42 Å². The molecule has 0 spiro atoms. The number of benzene rings is 3. The van der Waals surface area contributed by atoms with E-state index in [1.54, 1.807) is 37.5 Å². The molecule has 0 amide bonds. The van der Waals surface area contributed by atoms with Crippen molar-refractivity contribution < 1.29 is 32.5 Å². The molecule has 3 aromatic carbocycles. The highest BCUT2D eigenvalue weighted by Crippen LogP contribution is 2.58. The number of nitro groups is 2. The van der Waals surface area contributed by atoms with Gasteiger partial charge in [-0.1, -0.05) is 24.3 Å². The van der Waals surface area contributed by atoms with Gasteiger partial charge in [0, 0.05) is 24.2 Å². The maximum Gasteiger partial charge on any atom is 0.296 e. The molecule has 4 aliphatic carbocycles. The van der Waals surface area contributed by atoms with Gasteiger partial charge in [0.05, 0.1) is 28.7 Å². The normalized spacial score (nSPS) is 21.1. The first-order chi connectivity index (χ1) is 23.3. The zero-order chi connectivity index (χ0) is 35.0. The third-order valence-corrected chi connectivity index (χ3v) is 11.8. The van der Waals surface area contributed by atoms with Gasteiger partial charge in [-0.2, -0.15) is 0 Å². The van der Waals surface area contributed by atoms with Crippen molar-refractivity contribution in [2.45, 2.75) is 50.5 Å². The van der Waals surface area contributed by atoms with E-state index in [9.17, 15) is 33.4 Å². The minimum atomic E-state index is -4.44. The summed E-state index contributed by atoms with van der Waals surface area (Å²) in [4.78, 5) is 32.0. The molecule has 0 N–H and O–H groups in total. The summed E-state index contributed by atoms with van der Waals surface area (Å²) in [6.45, 7) is 1.60. The van der Waals surface area contributed by atoms with Gasteiger partial charge in [-0.15, -0.1) is 0 Å². The van der Waals surface area contributed by atoms with Crippen LogP contribution in [-0.2, 0) is 26.2 Å². The molecule has 7 rings (SSSR count). The van der Waals surface area contributed by atoms with Crippen LogP contribution in [0.5, 0.6) is 5.75 Å². The lowest BCUT2D eigenvalue weighted by molar-refractivity contribution is -0.396. The number of methoxy groups -OCH3 is 1. The highest BCUT2D eigenvalue weighted by molar-refractivity contribution is 7.93. The van der Waals surface area contributed by atoms with Gasteiger partial charge < -0.3 is 9.47 Å². The van der Waals surface area contributed by atoms with E-state index in [0.717, 1.165) is 45.2 Å². The molecule has 4 bridgehead atoms. The molecule has 256 valence electrons. The lowest BCUT2D eigenvalue weighted by Gasteiger charge is -2.51. The van der Waals surface area contributed by atoms with E-state index in [-0.39, 0.29) is 18.1 Å². The Balaban J connectivity index is 1.24. The van der Waals surface area contributed by atoms with Crippen molar-refractivity contribution in [3.63, 3.8) is 0 Å². The Morgan fingerprint density at radius 2 is 1.57 bits per heavy atom. The summed E-state index contributed by atoms with van der Waals surface area (Å²) in [5.74, 6) is 4.08. The Bertz CT molecular complexity index is 1960. The molecule has 49 heavy (non-hydrogen) atoms. The van der Waals surface area contributed by atoms with E-state index in [0.29, 0.717) is 29.2 Å². The highest BCUT2D eigenvalue weighted by atomic mass is 32.2. The van der Waals surface area contributed by atoms with Crippen molar-refractivity contribution in [2.24, 2.45) is 23.7 Å². The Kier molecular flexibility index (Phi) is 9.30. The topological polar surface area (TPSA) is 159 Å². The SMILES string of the molecule is COC(=C1C2CC3CC(C2)CC1C3)c1ccc(/C=C/C(C)=O)c(OCc2ccc(N(C)S(=O)(=O)c3ccc([N+](=O)[O-])cc3[N+](=O)[O-])cc2)c1. The summed E-state index contributed by atoms with van der Waals surface area (Å²) in [6, 6.07) is 14.7. The van der Waals surface area contributed by atoms with Crippen molar-refractivity contribution in [3.8, 4) is 5.75 Å². The van der Waals surface area contributed by atoms with Crippen LogP contribution in [0.2, 0.25) is 0 Å². The fraction of sp³-hybridized carbons (Fsp3) is 0.361. The molecule has 0 aliphatic heterocycles. The van der Waals surface area contributed by atoms with E-state index in [1.807, 2.05) is 18.2 Å². The third kappa shape index (κ3) is 6.80. The molecule has 0 aromatic heterocycles. The molecule has 0 radical (unpaired) electrons. The summed E-state index contributed by atoms with van der Waals surface area (Å²) in [5.41, 5.74) is 2.51. The summed E-state index contributed by atoms with van der Waals surface area (Å²) in [5, 5.41) is 22.7. The van der Waals surface area contributed by atoms with Gasteiger partial charge in [-0.05, 0) is 110 Å². The minimum Gasteiger partial charge on any atom is -0.496 e. The molecule has 12 nitrogen and oxygen atoms in total. The van der Waals surface area contributed by atoms with E-state index in [2.05, 4.69) is 0 Å². The van der Waals surface area contributed by atoms with Crippen LogP contribution in [0.3, 0.4) is 0 Å². The molecular weight excluding hydrogens is 650 g/mol. The number of sulfonamides is 1. The maximum absolute atomic E-state index is 13.4. The van der Waals surface area contributed by atoms with Crippen LogP contribution in [0.25, 0.3) is 11.8 Å². The largest absolute Gasteiger partial charge is 0.496 e. The minimum absolute atomic E-state index is 0.1000. The number of anilines is 1. The van der Waals surface area contributed by atoms with Crippen LogP contribution in [0.1, 0.15) is 55.7 Å². The Hall–Kier alpha value is -5.04. The van der Waals surface area contributed by atoms with Crippen LogP contribution >= 0.6 is 0 Å². The molecule has 0 atom stereocenters. The van der Waals surface area contributed by atoms with Crippen LogP contribution in [0.15, 0.2) is 77.2 Å². The standard InChI is InChI=1S/C36H37N3O9S/c1-22(40)4-7-26-8-9-27(36(47-3)35-28-15-24-14-25(17-28)18-29(35)16-24)19-33(26)48-21-23-5-10-30(11-6-23)37(2)49(45,46)34-13-12-31(38(41)42)20-32(34)39(43)44/h4-13,19-20,24-25,28-29H,14-18,21H2,1-3H3/b7-4+,36-35?. The average Bonchev–Trinajstić information content (AvgIpc) is 3.07. The zero-order valence-electron chi connectivity index (χ0n) is 27.4. The summed E-state index contributed by atoms with van der Waals surface area (Å²) < 4.78 is 40.0. The first-order valence-corrected chi connectivity index (χ1v) is 17.5. The molecular formula is C36H37N3O9S. The second-order valence-corrected chi connectivity index (χ2v) is 15.0. The van der Waals surface area contributed by atoms with Gasteiger partial charge in [0.1, 0.15) is 18.1 Å². The first-order valence-electron chi connectivity index (χ1n) is 16.1. The van der Waals surface area contributed by atoms with Crippen LogP contribution < -0.4 is 9.04 Å². The average molecular weight is 688 g/mol. The second kappa shape index (κ2) is 13.5. The number of carbonyl (C=O) groups is 1. The van der Waals surface area contributed by atoms with Crippen LogP contribution in [0, 0.1) is 43.9 Å². The van der Waals surface area contributed by atoms with Crippen molar-refractivity contribution in [1.29, 1.82) is 0 Å². The first kappa shape index (κ1) is 33.8. The third-order valence-electron chi connectivity index (χ3n) is 9.94. The number of ether oxygens (including phenoxy) is 2. The maximum atomic E-state index is 13.4. The predicted octanol–water partition coefficient (Wildman–Crippen LogP) is 7.32. The van der Waals surface area contributed by atoms with E-state index in [1.165, 1.54) is 57.7 Å². The van der Waals surface area contributed by atoms with E-state index < -0.39 is 36.1 Å². The van der Waals surface area contributed by atoms with E-state index >= 15 is 0 Å². The van der Waals surface area contributed by atoms with E-state index in [4.69, 9.17) is 9.47 Å². The van der Waals surface area contributed by atoms with Crippen molar-refractivity contribution in [1.82, 2.24) is 0 Å². The molecule has 0 unspecified atom stereocenters. The van der Waals surface area contributed by atoms with Gasteiger partial charge in [-0.3, -0.25) is 29.3 Å². The number of nitro benzene ring substituents is 2. The quantitative estimate of drug-likeness (QED) is 0.0822. The monoisotopic (exact) mass is 687 g/mol. The van der Waals surface area contributed by atoms with Crippen molar-refractivity contribution >= 4 is 44.7 Å². The van der Waals surface area contributed by atoms with Crippen LogP contribution in [0.4, 0.5) is 17.1 Å². The highest BCUT2D eigenvalue weighted by Gasteiger charge is 2.46. The van der Waals surface area contributed by atoms with Crippen molar-refractivity contribution in [2.75, 3.05) is 18.5 Å². The second-order valence-electron chi connectivity index (χ2n) is 13.1. The molecule has 0 saturated heterocycles. The number of hydrogen-bond acceptors (Lipinski definition) is 9. The molecule has 0 heterocycles. The van der Waals surface area contributed by atoms with Gasteiger partial charge in [0.15, 0.2) is 10.7 Å². The number of non-ortho nitro benzene ring substituents is 1. The number of nitrogens with zero attached hydrogens (tertiary/aromatic N) is 3. The number of hydrogen-bond donors (Lipinski definition) is 0. The summed E-state index contributed by atoms with van der Waals surface area (Å²) in [6.07, 6.45) is 9.42. The smallest absolute Gasteiger partial charge is 0.296 e. The van der Waals surface area contributed by atoms with Gasteiger partial charge >= 0.3 is 0 Å². The Morgan fingerprint density at radius 1 is 0.918 bits per heavy atom. The molecule has 4 fully saturated rings. The number of carbonyl (C=O) groups excluding carboxylic acids is 1. The molecule has 3 aromatic rings. The Labute approximate surface area is 284 Å². The number of rotatable bonds is 12.